The number of alkyl halides is 3. The molecule has 0 bridgehead atoms. The second-order valence-corrected chi connectivity index (χ2v) is 4.99. The lowest BCUT2D eigenvalue weighted by Crippen LogP contribution is -2.24. The maximum atomic E-state index is 12.9. The standard InChI is InChI=1S/C7H4F4O2S2/c8-5-2-1-4(14)3-6(5)15(12,13)7(9,10)11/h1-3,14H. The normalized spacial score (nSPS) is 12.9. The van der Waals surface area contributed by atoms with Crippen molar-refractivity contribution in [3.63, 3.8) is 0 Å². The van der Waals surface area contributed by atoms with E-state index in [1.54, 1.807) is 0 Å². The Kier molecular flexibility index (Phi) is 3.01. The number of benzene rings is 1. The van der Waals surface area contributed by atoms with Crippen LogP contribution in [0.4, 0.5) is 17.6 Å². The van der Waals surface area contributed by atoms with Crippen LogP contribution in [0.1, 0.15) is 0 Å². The molecule has 0 heterocycles. The number of hydrogen-bond donors (Lipinski definition) is 1. The maximum absolute atomic E-state index is 12.9. The lowest BCUT2D eigenvalue weighted by atomic mass is 10.3. The van der Waals surface area contributed by atoms with Crippen LogP contribution in [0, 0.1) is 5.82 Å². The van der Waals surface area contributed by atoms with Crippen LogP contribution >= 0.6 is 12.6 Å². The van der Waals surface area contributed by atoms with E-state index in [0.717, 1.165) is 6.07 Å². The van der Waals surface area contributed by atoms with Gasteiger partial charge >= 0.3 is 5.51 Å². The molecule has 1 rings (SSSR count). The number of thiol groups is 1. The summed E-state index contributed by atoms with van der Waals surface area (Å²) < 4.78 is 70.7. The lowest BCUT2D eigenvalue weighted by molar-refractivity contribution is -0.0437. The molecule has 1 aromatic carbocycles. The first-order valence-electron chi connectivity index (χ1n) is 3.46. The van der Waals surface area contributed by atoms with E-state index in [1.165, 1.54) is 0 Å². The zero-order chi connectivity index (χ0) is 11.9. The van der Waals surface area contributed by atoms with Gasteiger partial charge in [-0.1, -0.05) is 0 Å². The predicted octanol–water partition coefficient (Wildman–Crippen LogP) is 2.41. The van der Waals surface area contributed by atoms with Gasteiger partial charge in [0.05, 0.1) is 0 Å². The molecule has 2 nitrogen and oxygen atoms in total. The molecule has 84 valence electrons. The quantitative estimate of drug-likeness (QED) is 0.621. The van der Waals surface area contributed by atoms with Gasteiger partial charge in [0.2, 0.25) is 0 Å². The molecule has 8 heteroatoms. The summed E-state index contributed by atoms with van der Waals surface area (Å²) in [5, 5.41) is 0. The topological polar surface area (TPSA) is 34.1 Å². The molecule has 1 aromatic rings. The van der Waals surface area contributed by atoms with E-state index in [-0.39, 0.29) is 4.90 Å². The van der Waals surface area contributed by atoms with Gasteiger partial charge < -0.3 is 0 Å². The van der Waals surface area contributed by atoms with E-state index >= 15 is 0 Å². The molecule has 0 spiro atoms. The third-order valence-corrected chi connectivity index (χ3v) is 3.29. The minimum Gasteiger partial charge on any atom is -0.214 e. The highest BCUT2D eigenvalue weighted by Crippen LogP contribution is 2.32. The molecule has 0 aliphatic rings. The SMILES string of the molecule is O=S(=O)(c1cc(S)ccc1F)C(F)(F)F. The molecule has 0 aliphatic carbocycles. The summed E-state index contributed by atoms with van der Waals surface area (Å²) in [6.45, 7) is 0. The first-order chi connectivity index (χ1) is 6.66. The van der Waals surface area contributed by atoms with Gasteiger partial charge in [-0.25, -0.2) is 12.8 Å². The fraction of sp³-hybridized carbons (Fsp3) is 0.143. The predicted molar refractivity (Wildman–Crippen MR) is 46.9 cm³/mol. The summed E-state index contributed by atoms with van der Waals surface area (Å²) in [5.41, 5.74) is -5.52. The molecular weight excluding hydrogens is 256 g/mol. The Morgan fingerprint density at radius 3 is 2.20 bits per heavy atom. The molecular formula is C7H4F4O2S2. The van der Waals surface area contributed by atoms with Gasteiger partial charge in [0.15, 0.2) is 0 Å². The summed E-state index contributed by atoms with van der Waals surface area (Å²) >= 11 is 3.63. The first kappa shape index (κ1) is 12.3. The van der Waals surface area contributed by atoms with Crippen molar-refractivity contribution in [3.05, 3.63) is 24.0 Å². The van der Waals surface area contributed by atoms with Crippen molar-refractivity contribution in [2.75, 3.05) is 0 Å². The van der Waals surface area contributed by atoms with E-state index in [1.807, 2.05) is 0 Å². The van der Waals surface area contributed by atoms with Crippen LogP contribution in [0.25, 0.3) is 0 Å². The Hall–Kier alpha value is -0.760. The smallest absolute Gasteiger partial charge is 0.214 e. The Bertz CT molecular complexity index is 478. The second-order valence-electron chi connectivity index (χ2n) is 2.56. The van der Waals surface area contributed by atoms with Gasteiger partial charge in [-0.3, -0.25) is 0 Å². The Balaban J connectivity index is 3.47. The van der Waals surface area contributed by atoms with E-state index in [4.69, 9.17) is 0 Å². The molecule has 0 saturated carbocycles. The fourth-order valence-corrected chi connectivity index (χ4v) is 1.97. The average molecular weight is 260 g/mol. The van der Waals surface area contributed by atoms with Crippen molar-refractivity contribution in [2.24, 2.45) is 0 Å². The van der Waals surface area contributed by atoms with Crippen LogP contribution in [-0.2, 0) is 9.84 Å². The van der Waals surface area contributed by atoms with Crippen molar-refractivity contribution >= 4 is 22.5 Å². The van der Waals surface area contributed by atoms with Crippen molar-refractivity contribution in [3.8, 4) is 0 Å². The van der Waals surface area contributed by atoms with Crippen LogP contribution < -0.4 is 0 Å². The number of hydrogen-bond acceptors (Lipinski definition) is 3. The highest BCUT2D eigenvalue weighted by molar-refractivity contribution is 7.92. The largest absolute Gasteiger partial charge is 0.502 e. The molecule has 0 aliphatic heterocycles. The minimum atomic E-state index is -5.65. The van der Waals surface area contributed by atoms with Gasteiger partial charge in [-0.15, -0.1) is 12.6 Å². The number of halogens is 4. The molecule has 0 atom stereocenters. The van der Waals surface area contributed by atoms with Crippen LogP contribution in [0.2, 0.25) is 0 Å². The van der Waals surface area contributed by atoms with E-state index in [2.05, 4.69) is 12.6 Å². The van der Waals surface area contributed by atoms with Crippen molar-refractivity contribution < 1.29 is 26.0 Å². The molecule has 0 unspecified atom stereocenters. The highest BCUT2D eigenvalue weighted by atomic mass is 32.2. The molecule has 15 heavy (non-hydrogen) atoms. The monoisotopic (exact) mass is 260 g/mol. The number of rotatable bonds is 1. The molecule has 0 saturated heterocycles. The Morgan fingerprint density at radius 2 is 1.73 bits per heavy atom. The Morgan fingerprint density at radius 1 is 1.20 bits per heavy atom. The van der Waals surface area contributed by atoms with Gasteiger partial charge in [-0.05, 0) is 18.2 Å². The molecule has 0 aromatic heterocycles. The zero-order valence-corrected chi connectivity index (χ0v) is 8.63. The number of sulfone groups is 1. The lowest BCUT2D eigenvalue weighted by Gasteiger charge is -2.08. The van der Waals surface area contributed by atoms with Crippen LogP contribution in [0.5, 0.6) is 0 Å². The second kappa shape index (κ2) is 3.67. The van der Waals surface area contributed by atoms with Crippen LogP contribution in [0.3, 0.4) is 0 Å². The van der Waals surface area contributed by atoms with E-state index in [0.29, 0.717) is 12.1 Å². The first-order valence-corrected chi connectivity index (χ1v) is 5.39. The molecule has 0 amide bonds. The van der Waals surface area contributed by atoms with Gasteiger partial charge in [0, 0.05) is 4.90 Å². The molecule has 0 N–H and O–H groups in total. The summed E-state index contributed by atoms with van der Waals surface area (Å²) in [6.07, 6.45) is 0. The maximum Gasteiger partial charge on any atom is 0.502 e. The van der Waals surface area contributed by atoms with Crippen molar-refractivity contribution in [1.29, 1.82) is 0 Å². The van der Waals surface area contributed by atoms with Crippen LogP contribution in [-0.4, -0.2) is 13.9 Å². The van der Waals surface area contributed by atoms with Gasteiger partial charge in [0.1, 0.15) is 10.7 Å². The van der Waals surface area contributed by atoms with Crippen LogP contribution in [0.15, 0.2) is 28.0 Å². The summed E-state index contributed by atoms with van der Waals surface area (Å²) in [6, 6.07) is 2.18. The third-order valence-electron chi connectivity index (χ3n) is 1.51. The third kappa shape index (κ3) is 2.25. The fourth-order valence-electron chi connectivity index (χ4n) is 0.823. The highest BCUT2D eigenvalue weighted by Gasteiger charge is 2.48. The molecule has 0 fully saturated rings. The zero-order valence-electron chi connectivity index (χ0n) is 6.92. The molecule has 0 radical (unpaired) electrons. The summed E-state index contributed by atoms with van der Waals surface area (Å²) in [7, 11) is -5.65. The summed E-state index contributed by atoms with van der Waals surface area (Å²) in [5.74, 6) is -1.45. The van der Waals surface area contributed by atoms with Crippen molar-refractivity contribution in [2.45, 2.75) is 15.3 Å². The van der Waals surface area contributed by atoms with Crippen molar-refractivity contribution in [1.82, 2.24) is 0 Å². The van der Waals surface area contributed by atoms with E-state index < -0.39 is 26.1 Å². The Labute approximate surface area is 88.2 Å². The van der Waals surface area contributed by atoms with Gasteiger partial charge in [-0.2, -0.15) is 13.2 Å². The van der Waals surface area contributed by atoms with E-state index in [9.17, 15) is 26.0 Å². The van der Waals surface area contributed by atoms with Gasteiger partial charge in [0.25, 0.3) is 9.84 Å². The summed E-state index contributed by atoms with van der Waals surface area (Å²) in [4.78, 5) is -1.48. The minimum absolute atomic E-state index is 0.0702. The average Bonchev–Trinajstić information content (AvgIpc) is 2.07.